The quantitative estimate of drug-likeness (QED) is 0.0722. The predicted molar refractivity (Wildman–Crippen MR) is 230 cm³/mol. The second kappa shape index (κ2) is 19.3. The van der Waals surface area contributed by atoms with Crippen molar-refractivity contribution in [1.82, 2.24) is 9.97 Å². The van der Waals surface area contributed by atoms with Gasteiger partial charge in [-0.3, -0.25) is 18.0 Å². The number of nitrogens with zero attached hydrogens (tertiary/aromatic N) is 2. The van der Waals surface area contributed by atoms with Crippen LogP contribution in [0, 0.1) is 25.7 Å². The zero-order valence-corrected chi connectivity index (χ0v) is 37.6. The molecule has 68 heavy (non-hydrogen) atoms. The summed E-state index contributed by atoms with van der Waals surface area (Å²) in [7, 11) is -5.09. The van der Waals surface area contributed by atoms with Crippen molar-refractivity contribution >= 4 is 54.0 Å². The average molecular weight is 1020 g/mol. The van der Waals surface area contributed by atoms with Gasteiger partial charge in [0.2, 0.25) is 11.8 Å². The minimum absolute atomic E-state index is 0.0621. The SMILES string of the molecule is C=S(=O)(CC1CC1)c1cc(C)c(CC(=O)Nc2ccc(C(O)(C(F)(F)F)C(F)(F)F)cc2)cn1.C=S(=O)(CC1CC1)c1ccc(CC(=O)Nc2ccc(C(O)(C(F)(F)F)C(F)(F)F)cc2)c(C)n1. The lowest BCUT2D eigenvalue weighted by Gasteiger charge is -2.32. The number of carbonyl (C=O) groups is 2. The van der Waals surface area contributed by atoms with E-state index in [1.807, 2.05) is 0 Å². The third kappa shape index (κ3) is 12.3. The van der Waals surface area contributed by atoms with Gasteiger partial charge in [0.15, 0.2) is 0 Å². The van der Waals surface area contributed by atoms with E-state index in [4.69, 9.17) is 0 Å². The van der Waals surface area contributed by atoms with Crippen molar-refractivity contribution in [2.75, 3.05) is 22.1 Å². The Balaban J connectivity index is 0.000000254. The van der Waals surface area contributed by atoms with Crippen LogP contribution in [-0.4, -0.2) is 88.4 Å². The molecule has 0 spiro atoms. The van der Waals surface area contributed by atoms with Crippen molar-refractivity contribution in [3.05, 3.63) is 106 Å². The molecule has 0 aliphatic heterocycles. The van der Waals surface area contributed by atoms with Crippen molar-refractivity contribution in [3.63, 3.8) is 0 Å². The first-order chi connectivity index (χ1) is 31.1. The molecule has 2 unspecified atom stereocenters. The second-order valence-corrected chi connectivity index (χ2v) is 21.5. The molecule has 2 aliphatic carbocycles. The fourth-order valence-electron chi connectivity index (χ4n) is 6.73. The highest BCUT2D eigenvalue weighted by molar-refractivity contribution is 8.00. The van der Waals surface area contributed by atoms with Crippen LogP contribution in [0.25, 0.3) is 0 Å². The number of carbonyl (C=O) groups excluding carboxylic acids is 2. The van der Waals surface area contributed by atoms with Gasteiger partial charge in [0.25, 0.3) is 11.2 Å². The molecule has 4 N–H and O–H groups in total. The molecular formula is C44H44F12N4O6S2. The number of benzene rings is 2. The monoisotopic (exact) mass is 1020 g/mol. The van der Waals surface area contributed by atoms with Crippen molar-refractivity contribution < 1.29 is 80.9 Å². The number of nitrogens with one attached hydrogen (secondary N) is 2. The first kappa shape index (κ1) is 53.8. The summed E-state index contributed by atoms with van der Waals surface area (Å²) < 4.78 is 181. The summed E-state index contributed by atoms with van der Waals surface area (Å²) >= 11 is 0. The Hall–Kier alpha value is -5.20. The fourth-order valence-corrected chi connectivity index (χ4v) is 10.5. The van der Waals surface area contributed by atoms with Gasteiger partial charge in [-0.05, 0) is 116 Å². The number of aryl methyl sites for hydroxylation is 2. The van der Waals surface area contributed by atoms with Crippen molar-refractivity contribution in [3.8, 4) is 0 Å². The zero-order valence-electron chi connectivity index (χ0n) is 35.9. The molecule has 2 atom stereocenters. The average Bonchev–Trinajstić information content (AvgIpc) is 4.16. The Kier molecular flexibility index (Phi) is 15.3. The Bertz CT molecular complexity index is 2500. The molecule has 6 rings (SSSR count). The predicted octanol–water partition coefficient (Wildman–Crippen LogP) is 8.74. The number of hydrogen-bond acceptors (Lipinski definition) is 8. The topological polar surface area (TPSA) is 159 Å². The van der Waals surface area contributed by atoms with Gasteiger partial charge in [-0.2, -0.15) is 52.7 Å². The maximum Gasteiger partial charge on any atom is 0.430 e. The molecule has 2 saturated carbocycles. The van der Waals surface area contributed by atoms with Gasteiger partial charge in [0, 0.05) is 64.9 Å². The van der Waals surface area contributed by atoms with E-state index in [-0.39, 0.29) is 24.2 Å². The van der Waals surface area contributed by atoms with Crippen LogP contribution in [-0.2, 0) is 52.7 Å². The summed E-state index contributed by atoms with van der Waals surface area (Å²) in [4.78, 5) is 33.2. The normalized spacial score (nSPS) is 16.7. The van der Waals surface area contributed by atoms with Crippen LogP contribution in [0.2, 0.25) is 0 Å². The highest BCUT2D eigenvalue weighted by Gasteiger charge is 2.72. The van der Waals surface area contributed by atoms with Gasteiger partial charge >= 0.3 is 24.7 Å². The number of halogens is 12. The van der Waals surface area contributed by atoms with Crippen LogP contribution in [0.3, 0.4) is 0 Å². The van der Waals surface area contributed by atoms with Crippen LogP contribution in [0.4, 0.5) is 64.1 Å². The van der Waals surface area contributed by atoms with E-state index in [2.05, 4.69) is 32.3 Å². The van der Waals surface area contributed by atoms with E-state index in [0.717, 1.165) is 49.9 Å². The van der Waals surface area contributed by atoms with Crippen LogP contribution < -0.4 is 10.6 Å². The van der Waals surface area contributed by atoms with Gasteiger partial charge in [-0.15, -0.1) is 0 Å². The molecule has 0 saturated heterocycles. The molecular weight excluding hydrogens is 973 g/mol. The van der Waals surface area contributed by atoms with Crippen LogP contribution in [0.15, 0.2) is 83.0 Å². The Morgan fingerprint density at radius 2 is 0.971 bits per heavy atom. The zero-order chi connectivity index (χ0) is 51.1. The van der Waals surface area contributed by atoms with E-state index in [9.17, 15) is 80.9 Å². The number of aliphatic hydroxyl groups is 2. The van der Waals surface area contributed by atoms with E-state index in [1.165, 1.54) is 12.3 Å². The minimum Gasteiger partial charge on any atom is -0.369 e. The lowest BCUT2D eigenvalue weighted by molar-refractivity contribution is -0.376. The number of amides is 2. The third-order valence-electron chi connectivity index (χ3n) is 11.0. The van der Waals surface area contributed by atoms with Crippen molar-refractivity contribution in [1.29, 1.82) is 0 Å². The fraction of sp³-hybridized carbons (Fsp3) is 0.409. The van der Waals surface area contributed by atoms with E-state index >= 15 is 0 Å². The largest absolute Gasteiger partial charge is 0.430 e. The van der Waals surface area contributed by atoms with Crippen LogP contribution in [0.5, 0.6) is 0 Å². The van der Waals surface area contributed by atoms with E-state index in [0.29, 0.717) is 80.0 Å². The molecule has 2 amide bonds. The number of alkyl halides is 12. The van der Waals surface area contributed by atoms with E-state index < -0.39 is 77.9 Å². The molecule has 0 radical (unpaired) electrons. The summed E-state index contributed by atoms with van der Waals surface area (Å²) in [5.74, 6) is 8.05. The molecule has 24 heteroatoms. The number of anilines is 2. The number of pyridine rings is 2. The highest BCUT2D eigenvalue weighted by Crippen LogP contribution is 2.51. The summed E-state index contributed by atoms with van der Waals surface area (Å²) in [6.07, 6.45) is -18.9. The summed E-state index contributed by atoms with van der Waals surface area (Å²) in [6.45, 7) is 3.33. The highest BCUT2D eigenvalue weighted by atomic mass is 32.2. The van der Waals surface area contributed by atoms with Gasteiger partial charge < -0.3 is 20.8 Å². The smallest absolute Gasteiger partial charge is 0.369 e. The molecule has 2 aromatic carbocycles. The summed E-state index contributed by atoms with van der Waals surface area (Å²) in [6, 6.07) is 9.85. The van der Waals surface area contributed by atoms with Crippen molar-refractivity contribution in [2.24, 2.45) is 11.8 Å². The first-order valence-electron chi connectivity index (χ1n) is 20.2. The lowest BCUT2D eigenvalue weighted by Crippen LogP contribution is -2.53. The number of aromatic nitrogens is 2. The molecule has 2 fully saturated rings. The Morgan fingerprint density at radius 3 is 1.31 bits per heavy atom. The van der Waals surface area contributed by atoms with Gasteiger partial charge in [0.1, 0.15) is 10.1 Å². The van der Waals surface area contributed by atoms with Crippen LogP contribution in [0.1, 0.15) is 59.2 Å². The van der Waals surface area contributed by atoms with Crippen molar-refractivity contribution in [2.45, 2.75) is 98.3 Å². The maximum absolute atomic E-state index is 13.0. The molecule has 4 aromatic rings. The molecule has 2 heterocycles. The van der Waals surface area contributed by atoms with Crippen LogP contribution >= 0.6 is 0 Å². The summed E-state index contributed by atoms with van der Waals surface area (Å²) in [5.41, 5.74) is -11.0. The summed E-state index contributed by atoms with van der Waals surface area (Å²) in [5, 5.41) is 24.3. The first-order valence-corrected chi connectivity index (χ1v) is 24.0. The molecule has 0 bridgehead atoms. The lowest BCUT2D eigenvalue weighted by atomic mass is 9.92. The molecule has 2 aromatic heterocycles. The van der Waals surface area contributed by atoms with Gasteiger partial charge in [0.05, 0.1) is 12.8 Å². The maximum atomic E-state index is 13.0. The standard InChI is InChI=1S/2C22H22F6N2O3S/c1-13-15(5-10-19(29-13)34(2,33)12-14-3-4-14)11-18(31)30-17-8-6-16(7-9-17)20(32,21(23,24)25)22(26,27)28;1-13-9-19(34(2,33)12-14-3-4-14)29-11-15(13)10-18(31)30-17-7-5-16(6-8-17)20(32,21(23,24)25)22(26,27)28/h5-10,14,32H,2-4,11-12H2,1H3,(H,30,31);5-9,11,14,32H,2-4,10,12H2,1H3,(H,30,31). The van der Waals surface area contributed by atoms with Gasteiger partial charge in [-0.25, -0.2) is 9.97 Å². The number of hydrogen-bond donors (Lipinski definition) is 4. The number of rotatable bonds is 14. The Morgan fingerprint density at radius 1 is 0.603 bits per heavy atom. The second-order valence-electron chi connectivity index (χ2n) is 16.7. The molecule has 10 nitrogen and oxygen atoms in total. The minimum atomic E-state index is -6.00. The van der Waals surface area contributed by atoms with E-state index in [1.54, 1.807) is 26.0 Å². The Labute approximate surface area is 382 Å². The molecule has 372 valence electrons. The third-order valence-corrected chi connectivity index (χ3v) is 15.0. The van der Waals surface area contributed by atoms with Gasteiger partial charge in [-0.1, -0.05) is 30.3 Å². The molecule has 2 aliphatic rings.